The molecule has 1 unspecified atom stereocenters. The van der Waals surface area contributed by atoms with E-state index < -0.39 is 0 Å². The second-order valence-corrected chi connectivity index (χ2v) is 4.40. The summed E-state index contributed by atoms with van der Waals surface area (Å²) in [7, 11) is 0. The van der Waals surface area contributed by atoms with Gasteiger partial charge in [0.1, 0.15) is 0 Å². The molecule has 1 heteroatoms. The monoisotopic (exact) mass is 168 g/mol. The summed E-state index contributed by atoms with van der Waals surface area (Å²) in [6.45, 7) is 1.05. The van der Waals surface area contributed by atoms with Gasteiger partial charge in [0.15, 0.2) is 0 Å². The third kappa shape index (κ3) is 2.78. The molecule has 70 valence electrons. The molecule has 0 aromatic carbocycles. The first-order valence-electron chi connectivity index (χ1n) is 5.57. The molecule has 0 bridgehead atoms. The van der Waals surface area contributed by atoms with Crippen LogP contribution in [-0.2, 0) is 4.74 Å². The van der Waals surface area contributed by atoms with E-state index in [0.717, 1.165) is 12.5 Å². The molecule has 0 N–H and O–H groups in total. The van der Waals surface area contributed by atoms with Gasteiger partial charge in [-0.2, -0.15) is 0 Å². The van der Waals surface area contributed by atoms with E-state index in [-0.39, 0.29) is 0 Å². The Hall–Kier alpha value is -0.0400. The molecule has 2 aliphatic rings. The van der Waals surface area contributed by atoms with Gasteiger partial charge in [0.25, 0.3) is 0 Å². The molecule has 1 saturated heterocycles. The molecule has 0 aromatic heterocycles. The van der Waals surface area contributed by atoms with Crippen LogP contribution >= 0.6 is 0 Å². The van der Waals surface area contributed by atoms with Gasteiger partial charge in [0.2, 0.25) is 0 Å². The van der Waals surface area contributed by atoms with E-state index in [1.54, 1.807) is 0 Å². The van der Waals surface area contributed by atoms with E-state index in [1.165, 1.54) is 51.4 Å². The molecule has 0 aromatic rings. The van der Waals surface area contributed by atoms with Crippen molar-refractivity contribution >= 4 is 0 Å². The van der Waals surface area contributed by atoms with Crippen molar-refractivity contribution in [3.05, 3.63) is 0 Å². The van der Waals surface area contributed by atoms with Crippen LogP contribution < -0.4 is 0 Å². The van der Waals surface area contributed by atoms with Crippen LogP contribution in [0.2, 0.25) is 0 Å². The number of ether oxygens (including phenoxy) is 1. The highest BCUT2D eigenvalue weighted by atomic mass is 16.6. The highest BCUT2D eigenvalue weighted by Gasteiger charge is 2.26. The van der Waals surface area contributed by atoms with Crippen molar-refractivity contribution in [1.29, 1.82) is 0 Å². The van der Waals surface area contributed by atoms with Gasteiger partial charge in [-0.3, -0.25) is 0 Å². The molecule has 2 rings (SSSR count). The summed E-state index contributed by atoms with van der Waals surface area (Å²) in [6, 6.07) is 0. The third-order valence-electron chi connectivity index (χ3n) is 3.22. The fourth-order valence-corrected chi connectivity index (χ4v) is 2.35. The van der Waals surface area contributed by atoms with E-state index >= 15 is 0 Å². The molecule has 1 saturated carbocycles. The van der Waals surface area contributed by atoms with Gasteiger partial charge in [0, 0.05) is 0 Å². The summed E-state index contributed by atoms with van der Waals surface area (Å²) < 4.78 is 5.28. The second-order valence-electron chi connectivity index (χ2n) is 4.40. The highest BCUT2D eigenvalue weighted by molar-refractivity contribution is 4.75. The lowest BCUT2D eigenvalue weighted by Gasteiger charge is -2.18. The van der Waals surface area contributed by atoms with Gasteiger partial charge in [-0.1, -0.05) is 44.9 Å². The van der Waals surface area contributed by atoms with Crippen LogP contribution in [0.3, 0.4) is 0 Å². The zero-order valence-corrected chi connectivity index (χ0v) is 7.93. The predicted molar refractivity (Wildman–Crippen MR) is 50.2 cm³/mol. The van der Waals surface area contributed by atoms with E-state index in [4.69, 9.17) is 4.74 Å². The minimum absolute atomic E-state index is 0.662. The third-order valence-corrected chi connectivity index (χ3v) is 3.22. The van der Waals surface area contributed by atoms with Crippen molar-refractivity contribution in [2.24, 2.45) is 5.92 Å². The van der Waals surface area contributed by atoms with Crippen LogP contribution in [0.4, 0.5) is 0 Å². The molecular formula is C11H20O. The van der Waals surface area contributed by atoms with Crippen molar-refractivity contribution in [2.75, 3.05) is 6.61 Å². The Morgan fingerprint density at radius 2 is 1.50 bits per heavy atom. The molecule has 1 heterocycles. The second kappa shape index (κ2) is 4.27. The zero-order valence-electron chi connectivity index (χ0n) is 7.93. The van der Waals surface area contributed by atoms with Gasteiger partial charge in [-0.05, 0) is 12.3 Å². The summed E-state index contributed by atoms with van der Waals surface area (Å²) in [6.07, 6.45) is 12.3. The fraction of sp³-hybridized carbons (Fsp3) is 1.00. The first kappa shape index (κ1) is 8.55. The van der Waals surface area contributed by atoms with Crippen LogP contribution in [-0.4, -0.2) is 12.7 Å². The lowest BCUT2D eigenvalue weighted by molar-refractivity contribution is 0.306. The van der Waals surface area contributed by atoms with Crippen LogP contribution in [0.1, 0.15) is 51.4 Å². The first-order chi connectivity index (χ1) is 5.95. The number of rotatable bonds is 2. The van der Waals surface area contributed by atoms with Crippen LogP contribution in [0.5, 0.6) is 0 Å². The van der Waals surface area contributed by atoms with Gasteiger partial charge in [-0.15, -0.1) is 0 Å². The molecule has 1 aliphatic carbocycles. The molecule has 0 spiro atoms. The summed E-state index contributed by atoms with van der Waals surface area (Å²) >= 11 is 0. The fourth-order valence-electron chi connectivity index (χ4n) is 2.35. The van der Waals surface area contributed by atoms with E-state index in [9.17, 15) is 0 Å². The molecule has 0 amide bonds. The number of hydrogen-bond donors (Lipinski definition) is 0. The Balaban J connectivity index is 1.69. The molecule has 1 nitrogen and oxygen atoms in total. The Morgan fingerprint density at radius 1 is 0.917 bits per heavy atom. The molecular weight excluding hydrogens is 148 g/mol. The molecule has 1 aliphatic heterocycles. The normalized spacial score (nSPS) is 32.5. The molecule has 2 fully saturated rings. The topological polar surface area (TPSA) is 12.5 Å². The molecule has 0 radical (unpaired) electrons. The molecule has 12 heavy (non-hydrogen) atoms. The minimum atomic E-state index is 0.662. The average Bonchev–Trinajstić information content (AvgIpc) is 2.78. The Labute approximate surface area is 75.5 Å². The number of hydrogen-bond acceptors (Lipinski definition) is 1. The van der Waals surface area contributed by atoms with Gasteiger partial charge >= 0.3 is 0 Å². The molecule has 1 atom stereocenters. The quantitative estimate of drug-likeness (QED) is 0.577. The maximum atomic E-state index is 5.28. The van der Waals surface area contributed by atoms with E-state index in [2.05, 4.69) is 0 Å². The van der Waals surface area contributed by atoms with Crippen molar-refractivity contribution < 1.29 is 4.74 Å². The van der Waals surface area contributed by atoms with Gasteiger partial charge < -0.3 is 4.74 Å². The van der Waals surface area contributed by atoms with Crippen molar-refractivity contribution in [2.45, 2.75) is 57.5 Å². The maximum Gasteiger partial charge on any atom is 0.0812 e. The van der Waals surface area contributed by atoms with E-state index in [0.29, 0.717) is 6.10 Å². The first-order valence-corrected chi connectivity index (χ1v) is 5.57. The lowest BCUT2D eigenvalue weighted by Crippen LogP contribution is -2.06. The summed E-state index contributed by atoms with van der Waals surface area (Å²) in [5.74, 6) is 0.998. The lowest BCUT2D eigenvalue weighted by atomic mass is 9.88. The summed E-state index contributed by atoms with van der Waals surface area (Å²) in [5, 5.41) is 0. The Kier molecular flexibility index (Phi) is 3.04. The average molecular weight is 168 g/mol. The SMILES string of the molecule is C1CCCC(CC2CO2)CCC1. The van der Waals surface area contributed by atoms with Crippen LogP contribution in [0.25, 0.3) is 0 Å². The number of epoxide rings is 1. The highest BCUT2D eigenvalue weighted by Crippen LogP contribution is 2.29. The van der Waals surface area contributed by atoms with Crippen molar-refractivity contribution in [3.8, 4) is 0 Å². The van der Waals surface area contributed by atoms with Crippen molar-refractivity contribution in [3.63, 3.8) is 0 Å². The zero-order chi connectivity index (χ0) is 8.23. The Morgan fingerprint density at radius 3 is 2.08 bits per heavy atom. The van der Waals surface area contributed by atoms with Gasteiger partial charge in [-0.25, -0.2) is 0 Å². The van der Waals surface area contributed by atoms with Crippen LogP contribution in [0, 0.1) is 5.92 Å². The van der Waals surface area contributed by atoms with Crippen molar-refractivity contribution in [1.82, 2.24) is 0 Å². The smallest absolute Gasteiger partial charge is 0.0812 e. The van der Waals surface area contributed by atoms with Crippen LogP contribution in [0.15, 0.2) is 0 Å². The largest absolute Gasteiger partial charge is 0.373 e. The van der Waals surface area contributed by atoms with Gasteiger partial charge in [0.05, 0.1) is 12.7 Å². The summed E-state index contributed by atoms with van der Waals surface area (Å²) in [4.78, 5) is 0. The minimum Gasteiger partial charge on any atom is -0.373 e. The van der Waals surface area contributed by atoms with E-state index in [1.807, 2.05) is 0 Å². The Bertz CT molecular complexity index is 121. The predicted octanol–water partition coefficient (Wildman–Crippen LogP) is 3.14. The summed E-state index contributed by atoms with van der Waals surface area (Å²) in [5.41, 5.74) is 0. The maximum absolute atomic E-state index is 5.28. The standard InChI is InChI=1S/C11H20O/c1-2-4-6-10(7-5-3-1)8-11-9-12-11/h10-11H,1-9H2.